The third-order valence-electron chi connectivity index (χ3n) is 4.07. The predicted octanol–water partition coefficient (Wildman–Crippen LogP) is 1.96. The van der Waals surface area contributed by atoms with Crippen LogP contribution in [-0.4, -0.2) is 35.1 Å². The first-order chi connectivity index (χ1) is 9.72. The number of nitrogens with two attached hydrogens (primary N) is 1. The van der Waals surface area contributed by atoms with Crippen LogP contribution in [0.25, 0.3) is 0 Å². The summed E-state index contributed by atoms with van der Waals surface area (Å²) in [5.74, 6) is 0.134. The van der Waals surface area contributed by atoms with Gasteiger partial charge in [0.2, 0.25) is 5.91 Å². The SMILES string of the molecule is Nc1ccccc1CCC(=O)N1CCCCCC1CO. The summed E-state index contributed by atoms with van der Waals surface area (Å²) >= 11 is 0. The first-order valence-corrected chi connectivity index (χ1v) is 7.46. The van der Waals surface area contributed by atoms with Gasteiger partial charge in [0, 0.05) is 18.7 Å². The third kappa shape index (κ3) is 3.73. The summed E-state index contributed by atoms with van der Waals surface area (Å²) in [5.41, 5.74) is 7.67. The van der Waals surface area contributed by atoms with Crippen molar-refractivity contribution in [3.8, 4) is 0 Å². The fourth-order valence-electron chi connectivity index (χ4n) is 2.84. The first kappa shape index (κ1) is 14.9. The molecule has 1 saturated heterocycles. The molecule has 0 radical (unpaired) electrons. The minimum Gasteiger partial charge on any atom is -0.399 e. The molecule has 1 heterocycles. The molecule has 0 aromatic heterocycles. The summed E-state index contributed by atoms with van der Waals surface area (Å²) in [6, 6.07) is 7.67. The van der Waals surface area contributed by atoms with E-state index in [0.717, 1.165) is 43.5 Å². The van der Waals surface area contributed by atoms with Gasteiger partial charge in [-0.3, -0.25) is 4.79 Å². The lowest BCUT2D eigenvalue weighted by Crippen LogP contribution is -2.42. The molecule has 4 heteroatoms. The lowest BCUT2D eigenvalue weighted by Gasteiger charge is -2.28. The molecule has 20 heavy (non-hydrogen) atoms. The maximum Gasteiger partial charge on any atom is 0.223 e. The van der Waals surface area contributed by atoms with E-state index in [1.165, 1.54) is 0 Å². The van der Waals surface area contributed by atoms with Gasteiger partial charge in [-0.15, -0.1) is 0 Å². The number of likely N-dealkylation sites (tertiary alicyclic amines) is 1. The molecule has 1 aromatic rings. The number of para-hydroxylation sites is 1. The van der Waals surface area contributed by atoms with Crippen LogP contribution in [0.4, 0.5) is 5.69 Å². The molecule has 1 amide bonds. The Morgan fingerprint density at radius 3 is 2.85 bits per heavy atom. The normalized spacial score (nSPS) is 19.6. The second kappa shape index (κ2) is 7.29. The molecule has 0 aliphatic carbocycles. The molecule has 3 N–H and O–H groups in total. The number of aliphatic hydroxyl groups is 1. The molecule has 1 unspecified atom stereocenters. The molecule has 2 rings (SSSR count). The average molecular weight is 276 g/mol. The Morgan fingerprint density at radius 1 is 1.30 bits per heavy atom. The lowest BCUT2D eigenvalue weighted by molar-refractivity contribution is -0.134. The summed E-state index contributed by atoms with van der Waals surface area (Å²) < 4.78 is 0. The van der Waals surface area contributed by atoms with Crippen molar-refractivity contribution >= 4 is 11.6 Å². The quantitative estimate of drug-likeness (QED) is 0.826. The second-order valence-corrected chi connectivity index (χ2v) is 5.47. The third-order valence-corrected chi connectivity index (χ3v) is 4.07. The molecule has 1 aromatic carbocycles. The van der Waals surface area contributed by atoms with Crippen LogP contribution in [0.15, 0.2) is 24.3 Å². The smallest absolute Gasteiger partial charge is 0.223 e. The highest BCUT2D eigenvalue weighted by Gasteiger charge is 2.24. The van der Waals surface area contributed by atoms with Crippen molar-refractivity contribution in [1.82, 2.24) is 4.90 Å². The molecule has 4 nitrogen and oxygen atoms in total. The van der Waals surface area contributed by atoms with Crippen LogP contribution in [0.1, 0.15) is 37.7 Å². The fourth-order valence-corrected chi connectivity index (χ4v) is 2.84. The van der Waals surface area contributed by atoms with Gasteiger partial charge in [0.25, 0.3) is 0 Å². The highest BCUT2D eigenvalue weighted by atomic mass is 16.3. The summed E-state index contributed by atoms with van der Waals surface area (Å²) in [5, 5.41) is 9.45. The van der Waals surface area contributed by atoms with Crippen LogP contribution in [0.2, 0.25) is 0 Å². The molecule has 110 valence electrons. The Kier molecular flexibility index (Phi) is 5.41. The van der Waals surface area contributed by atoms with E-state index in [2.05, 4.69) is 0 Å². The molecule has 1 aliphatic heterocycles. The number of carbonyl (C=O) groups is 1. The van der Waals surface area contributed by atoms with Crippen LogP contribution in [0.3, 0.4) is 0 Å². The summed E-state index contributed by atoms with van der Waals surface area (Å²) in [6.45, 7) is 0.841. The monoisotopic (exact) mass is 276 g/mol. The van der Waals surface area contributed by atoms with E-state index in [9.17, 15) is 9.90 Å². The fraction of sp³-hybridized carbons (Fsp3) is 0.562. The van der Waals surface area contributed by atoms with Crippen molar-refractivity contribution in [3.63, 3.8) is 0 Å². The zero-order valence-corrected chi connectivity index (χ0v) is 11.9. The number of rotatable bonds is 4. The maximum atomic E-state index is 12.4. The molecule has 1 fully saturated rings. The molecular formula is C16H24N2O2. The molecule has 0 bridgehead atoms. The van der Waals surface area contributed by atoms with E-state index in [-0.39, 0.29) is 18.6 Å². The Morgan fingerprint density at radius 2 is 2.10 bits per heavy atom. The molecular weight excluding hydrogens is 252 g/mol. The van der Waals surface area contributed by atoms with Crippen LogP contribution >= 0.6 is 0 Å². The molecule has 0 spiro atoms. The Balaban J connectivity index is 1.94. The van der Waals surface area contributed by atoms with Gasteiger partial charge in [-0.1, -0.05) is 31.0 Å². The summed E-state index contributed by atoms with van der Waals surface area (Å²) in [6.07, 6.45) is 5.32. The number of aliphatic hydroxyl groups excluding tert-OH is 1. The maximum absolute atomic E-state index is 12.4. The van der Waals surface area contributed by atoms with Crippen LogP contribution in [0, 0.1) is 0 Å². The zero-order chi connectivity index (χ0) is 14.4. The number of anilines is 1. The van der Waals surface area contributed by atoms with Gasteiger partial charge >= 0.3 is 0 Å². The first-order valence-electron chi connectivity index (χ1n) is 7.46. The number of hydrogen-bond donors (Lipinski definition) is 2. The van der Waals surface area contributed by atoms with E-state index in [4.69, 9.17) is 5.73 Å². The van der Waals surface area contributed by atoms with Crippen molar-refractivity contribution in [2.75, 3.05) is 18.9 Å². The summed E-state index contributed by atoms with van der Waals surface area (Å²) in [4.78, 5) is 14.2. The predicted molar refractivity (Wildman–Crippen MR) is 80.2 cm³/mol. The lowest BCUT2D eigenvalue weighted by atomic mass is 10.1. The summed E-state index contributed by atoms with van der Waals surface area (Å²) in [7, 11) is 0. The zero-order valence-electron chi connectivity index (χ0n) is 11.9. The number of aryl methyl sites for hydroxylation is 1. The van der Waals surface area contributed by atoms with Crippen LogP contribution in [-0.2, 0) is 11.2 Å². The van der Waals surface area contributed by atoms with E-state index >= 15 is 0 Å². The van der Waals surface area contributed by atoms with E-state index in [1.54, 1.807) is 0 Å². The van der Waals surface area contributed by atoms with Gasteiger partial charge in [-0.2, -0.15) is 0 Å². The van der Waals surface area contributed by atoms with Crippen molar-refractivity contribution in [2.45, 2.75) is 44.6 Å². The highest BCUT2D eigenvalue weighted by molar-refractivity contribution is 5.77. The average Bonchev–Trinajstić information content (AvgIpc) is 2.71. The number of carbonyl (C=O) groups excluding carboxylic acids is 1. The van der Waals surface area contributed by atoms with Crippen LogP contribution in [0.5, 0.6) is 0 Å². The van der Waals surface area contributed by atoms with Gasteiger partial charge in [-0.05, 0) is 30.9 Å². The largest absolute Gasteiger partial charge is 0.399 e. The van der Waals surface area contributed by atoms with Gasteiger partial charge in [0.15, 0.2) is 0 Å². The highest BCUT2D eigenvalue weighted by Crippen LogP contribution is 2.19. The number of hydrogen-bond acceptors (Lipinski definition) is 3. The molecule has 1 aliphatic rings. The van der Waals surface area contributed by atoms with Gasteiger partial charge in [-0.25, -0.2) is 0 Å². The molecule has 0 saturated carbocycles. The Bertz CT molecular complexity index is 448. The standard InChI is InChI=1S/C16H24N2O2/c17-15-8-4-3-6-13(15)9-10-16(20)18-11-5-1-2-7-14(18)12-19/h3-4,6,8,14,19H,1-2,5,7,9-12,17H2. The number of nitrogens with zero attached hydrogens (tertiary/aromatic N) is 1. The minimum atomic E-state index is -0.00174. The molecule has 1 atom stereocenters. The second-order valence-electron chi connectivity index (χ2n) is 5.47. The number of nitrogen functional groups attached to an aromatic ring is 1. The number of amides is 1. The van der Waals surface area contributed by atoms with Crippen molar-refractivity contribution in [2.24, 2.45) is 0 Å². The van der Waals surface area contributed by atoms with Gasteiger partial charge < -0.3 is 15.7 Å². The minimum absolute atomic E-state index is 0.00174. The van der Waals surface area contributed by atoms with E-state index in [1.807, 2.05) is 29.2 Å². The van der Waals surface area contributed by atoms with E-state index < -0.39 is 0 Å². The Labute approximate surface area is 120 Å². The Hall–Kier alpha value is -1.55. The van der Waals surface area contributed by atoms with Gasteiger partial charge in [0.05, 0.1) is 12.6 Å². The van der Waals surface area contributed by atoms with Crippen LogP contribution < -0.4 is 5.73 Å². The van der Waals surface area contributed by atoms with Gasteiger partial charge in [0.1, 0.15) is 0 Å². The van der Waals surface area contributed by atoms with Crippen molar-refractivity contribution in [3.05, 3.63) is 29.8 Å². The number of benzene rings is 1. The van der Waals surface area contributed by atoms with Crippen molar-refractivity contribution in [1.29, 1.82) is 0 Å². The topological polar surface area (TPSA) is 66.6 Å². The van der Waals surface area contributed by atoms with E-state index in [0.29, 0.717) is 12.8 Å². The van der Waals surface area contributed by atoms with Crippen molar-refractivity contribution < 1.29 is 9.90 Å².